The fourth-order valence-electron chi connectivity index (χ4n) is 3.95. The summed E-state index contributed by atoms with van der Waals surface area (Å²) in [5.41, 5.74) is 2.49. The van der Waals surface area contributed by atoms with Crippen molar-refractivity contribution in [2.75, 3.05) is 18.4 Å². The minimum absolute atomic E-state index is 0.0979. The standard InChI is InChI=1S/C20H25N5O2/c1-13(18(26)25-10-8-20(6-7-20)9-11-25)22-19-24-23-17(27-19)15-4-5-16(21-12-15)14-2-3-14/h4-5,12-14H,2-3,6-11H2,1H3,(H,22,24). The molecule has 0 aromatic carbocycles. The Hall–Kier alpha value is -2.44. The SMILES string of the molecule is CC(Nc1nnc(-c2ccc(C3CC3)nc2)o1)C(=O)N1CCC2(CC1)CC2. The predicted molar refractivity (Wildman–Crippen MR) is 100 cm³/mol. The van der Waals surface area contributed by atoms with Gasteiger partial charge in [0.15, 0.2) is 0 Å². The van der Waals surface area contributed by atoms with Crippen molar-refractivity contribution in [3.05, 3.63) is 24.0 Å². The molecule has 142 valence electrons. The second-order valence-corrected chi connectivity index (χ2v) is 8.35. The van der Waals surface area contributed by atoms with Gasteiger partial charge < -0.3 is 14.6 Å². The van der Waals surface area contributed by atoms with Gasteiger partial charge in [-0.25, -0.2) is 0 Å². The Kier molecular flexibility index (Phi) is 3.91. The van der Waals surface area contributed by atoms with Gasteiger partial charge in [0.25, 0.3) is 5.89 Å². The van der Waals surface area contributed by atoms with E-state index in [2.05, 4.69) is 20.5 Å². The molecule has 3 heterocycles. The average Bonchev–Trinajstić information content (AvgIpc) is 3.62. The van der Waals surface area contributed by atoms with Gasteiger partial charge in [0.2, 0.25) is 5.91 Å². The van der Waals surface area contributed by atoms with Crippen LogP contribution in [0.25, 0.3) is 11.5 Å². The maximum absolute atomic E-state index is 12.7. The van der Waals surface area contributed by atoms with E-state index in [-0.39, 0.29) is 18.0 Å². The van der Waals surface area contributed by atoms with Crippen LogP contribution in [0.1, 0.15) is 57.1 Å². The molecule has 5 rings (SSSR count). The fourth-order valence-corrected chi connectivity index (χ4v) is 3.95. The summed E-state index contributed by atoms with van der Waals surface area (Å²) in [6, 6.07) is 3.88. The summed E-state index contributed by atoms with van der Waals surface area (Å²) < 4.78 is 5.69. The Morgan fingerprint density at radius 1 is 1.22 bits per heavy atom. The number of rotatable bonds is 5. The van der Waals surface area contributed by atoms with Crippen LogP contribution in [0.4, 0.5) is 6.01 Å². The quantitative estimate of drug-likeness (QED) is 0.873. The monoisotopic (exact) mass is 367 g/mol. The molecule has 1 aliphatic heterocycles. The lowest BCUT2D eigenvalue weighted by Gasteiger charge is -2.33. The van der Waals surface area contributed by atoms with Crippen molar-refractivity contribution in [1.29, 1.82) is 0 Å². The molecule has 1 unspecified atom stereocenters. The summed E-state index contributed by atoms with van der Waals surface area (Å²) >= 11 is 0. The van der Waals surface area contributed by atoms with Crippen LogP contribution in [0.2, 0.25) is 0 Å². The zero-order valence-electron chi connectivity index (χ0n) is 15.6. The van der Waals surface area contributed by atoms with Gasteiger partial charge in [0.1, 0.15) is 6.04 Å². The summed E-state index contributed by atoms with van der Waals surface area (Å²) in [4.78, 5) is 19.1. The van der Waals surface area contributed by atoms with Gasteiger partial charge in [0.05, 0.1) is 5.56 Å². The first kappa shape index (κ1) is 16.7. The zero-order chi connectivity index (χ0) is 18.4. The zero-order valence-corrected chi connectivity index (χ0v) is 15.6. The largest absolute Gasteiger partial charge is 0.403 e. The minimum atomic E-state index is -0.387. The van der Waals surface area contributed by atoms with Crippen LogP contribution in [-0.2, 0) is 4.79 Å². The van der Waals surface area contributed by atoms with Crippen molar-refractivity contribution >= 4 is 11.9 Å². The van der Waals surface area contributed by atoms with E-state index in [0.29, 0.717) is 17.2 Å². The second-order valence-electron chi connectivity index (χ2n) is 8.35. The molecule has 1 amide bonds. The molecule has 2 aromatic heterocycles. The lowest BCUT2D eigenvalue weighted by atomic mass is 9.93. The first-order valence-electron chi connectivity index (χ1n) is 9.97. The third kappa shape index (κ3) is 3.42. The van der Waals surface area contributed by atoms with Crippen LogP contribution in [0.15, 0.2) is 22.7 Å². The van der Waals surface area contributed by atoms with Crippen LogP contribution < -0.4 is 5.32 Å². The van der Waals surface area contributed by atoms with Gasteiger partial charge in [-0.2, -0.15) is 0 Å². The highest BCUT2D eigenvalue weighted by atomic mass is 16.4. The van der Waals surface area contributed by atoms with E-state index in [4.69, 9.17) is 4.42 Å². The Morgan fingerprint density at radius 3 is 2.63 bits per heavy atom. The number of aromatic nitrogens is 3. The average molecular weight is 367 g/mol. The number of carbonyl (C=O) groups excluding carboxylic acids is 1. The number of hydrogen-bond acceptors (Lipinski definition) is 6. The number of amides is 1. The van der Waals surface area contributed by atoms with E-state index < -0.39 is 0 Å². The van der Waals surface area contributed by atoms with Crippen LogP contribution >= 0.6 is 0 Å². The van der Waals surface area contributed by atoms with Crippen molar-refractivity contribution in [3.8, 4) is 11.5 Å². The highest BCUT2D eigenvalue weighted by Gasteiger charge is 2.45. The normalized spacial score (nSPS) is 21.9. The number of likely N-dealkylation sites (tertiary alicyclic amines) is 1. The summed E-state index contributed by atoms with van der Waals surface area (Å²) in [6.07, 6.45) is 9.19. The molecule has 2 saturated carbocycles. The molecule has 3 fully saturated rings. The highest BCUT2D eigenvalue weighted by molar-refractivity contribution is 5.83. The fraction of sp³-hybridized carbons (Fsp3) is 0.600. The number of nitrogens with one attached hydrogen (secondary N) is 1. The molecule has 2 aliphatic carbocycles. The topological polar surface area (TPSA) is 84.1 Å². The third-order valence-corrected chi connectivity index (χ3v) is 6.26. The highest BCUT2D eigenvalue weighted by Crippen LogP contribution is 2.53. The number of carbonyl (C=O) groups is 1. The van der Waals surface area contributed by atoms with E-state index in [1.54, 1.807) is 6.20 Å². The van der Waals surface area contributed by atoms with Gasteiger partial charge in [-0.1, -0.05) is 5.10 Å². The van der Waals surface area contributed by atoms with Crippen molar-refractivity contribution in [2.45, 2.75) is 57.4 Å². The van der Waals surface area contributed by atoms with Crippen LogP contribution in [0, 0.1) is 5.41 Å². The molecule has 1 spiro atoms. The van der Waals surface area contributed by atoms with Gasteiger partial charge in [0, 0.05) is 30.9 Å². The minimum Gasteiger partial charge on any atom is -0.403 e. The van der Waals surface area contributed by atoms with Gasteiger partial charge >= 0.3 is 6.01 Å². The molecular weight excluding hydrogens is 342 g/mol. The number of piperidine rings is 1. The first-order chi connectivity index (χ1) is 13.1. The van der Waals surface area contributed by atoms with Crippen molar-refractivity contribution in [1.82, 2.24) is 20.1 Å². The molecule has 7 heteroatoms. The summed E-state index contributed by atoms with van der Waals surface area (Å²) in [5, 5.41) is 11.2. The van der Waals surface area contributed by atoms with Crippen molar-refractivity contribution in [3.63, 3.8) is 0 Å². The molecule has 1 atom stereocenters. The number of nitrogens with zero attached hydrogens (tertiary/aromatic N) is 4. The number of hydrogen-bond donors (Lipinski definition) is 1. The number of pyridine rings is 1. The summed E-state index contributed by atoms with van der Waals surface area (Å²) in [7, 11) is 0. The van der Waals surface area contributed by atoms with E-state index in [9.17, 15) is 4.79 Å². The molecule has 0 radical (unpaired) electrons. The maximum atomic E-state index is 12.7. The number of anilines is 1. The lowest BCUT2D eigenvalue weighted by Crippen LogP contribution is -2.45. The van der Waals surface area contributed by atoms with E-state index in [1.165, 1.54) is 25.7 Å². The Morgan fingerprint density at radius 2 is 2.00 bits per heavy atom. The Labute approximate surface area is 158 Å². The van der Waals surface area contributed by atoms with Gasteiger partial charge in [-0.3, -0.25) is 9.78 Å². The van der Waals surface area contributed by atoms with E-state index >= 15 is 0 Å². The molecule has 27 heavy (non-hydrogen) atoms. The maximum Gasteiger partial charge on any atom is 0.316 e. The van der Waals surface area contributed by atoms with Crippen molar-refractivity contribution in [2.24, 2.45) is 5.41 Å². The first-order valence-corrected chi connectivity index (χ1v) is 9.97. The van der Waals surface area contributed by atoms with Crippen LogP contribution in [0.3, 0.4) is 0 Å². The lowest BCUT2D eigenvalue weighted by molar-refractivity contribution is -0.133. The molecule has 2 aromatic rings. The molecule has 7 nitrogen and oxygen atoms in total. The van der Waals surface area contributed by atoms with Crippen LogP contribution in [-0.4, -0.2) is 45.1 Å². The second kappa shape index (κ2) is 6.32. The molecule has 3 aliphatic rings. The predicted octanol–water partition coefficient (Wildman–Crippen LogP) is 3.21. The third-order valence-electron chi connectivity index (χ3n) is 6.26. The van der Waals surface area contributed by atoms with Gasteiger partial charge in [-0.15, -0.1) is 5.10 Å². The van der Waals surface area contributed by atoms with E-state index in [0.717, 1.165) is 37.2 Å². The molecule has 1 N–H and O–H groups in total. The summed E-state index contributed by atoms with van der Waals surface area (Å²) in [5.74, 6) is 1.14. The Bertz CT molecular complexity index is 828. The summed E-state index contributed by atoms with van der Waals surface area (Å²) in [6.45, 7) is 3.57. The van der Waals surface area contributed by atoms with Crippen LogP contribution in [0.5, 0.6) is 0 Å². The molecular formula is C20H25N5O2. The molecule has 1 saturated heterocycles. The van der Waals surface area contributed by atoms with E-state index in [1.807, 2.05) is 24.0 Å². The Balaban J connectivity index is 1.20. The van der Waals surface area contributed by atoms with Gasteiger partial charge in [-0.05, 0) is 63.0 Å². The smallest absolute Gasteiger partial charge is 0.316 e. The van der Waals surface area contributed by atoms with Crippen molar-refractivity contribution < 1.29 is 9.21 Å². The molecule has 0 bridgehead atoms.